The summed E-state index contributed by atoms with van der Waals surface area (Å²) in [6.07, 6.45) is 3.24. The van der Waals surface area contributed by atoms with Crippen molar-refractivity contribution in [2.75, 3.05) is 67.3 Å². The van der Waals surface area contributed by atoms with Crippen molar-refractivity contribution in [1.82, 2.24) is 19.4 Å². The number of hydrogen-bond donors (Lipinski definition) is 0. The highest BCUT2D eigenvalue weighted by molar-refractivity contribution is 6.30. The summed E-state index contributed by atoms with van der Waals surface area (Å²) in [5.41, 5.74) is 3.17. The van der Waals surface area contributed by atoms with E-state index in [1.807, 2.05) is 58.9 Å². The zero-order chi connectivity index (χ0) is 35.3. The van der Waals surface area contributed by atoms with Crippen LogP contribution in [0, 0.1) is 5.92 Å². The molecule has 2 aliphatic heterocycles. The number of ketones is 1. The number of para-hydroxylation sites is 2. The third kappa shape index (κ3) is 7.33. The molecule has 0 N–H and O–H groups in total. The topological polar surface area (TPSA) is 95.4 Å². The highest BCUT2D eigenvalue weighted by Gasteiger charge is 2.42. The number of aromatic nitrogens is 2. The van der Waals surface area contributed by atoms with Gasteiger partial charge in [-0.05, 0) is 94.2 Å². The van der Waals surface area contributed by atoms with Gasteiger partial charge in [0, 0.05) is 48.2 Å². The van der Waals surface area contributed by atoms with Crippen LogP contribution in [0.4, 0.5) is 0 Å². The number of rotatable bonds is 14. The molecule has 3 aromatic carbocycles. The summed E-state index contributed by atoms with van der Waals surface area (Å²) in [5, 5.41) is 0.683. The Morgan fingerprint density at radius 2 is 1.66 bits per heavy atom. The van der Waals surface area contributed by atoms with Gasteiger partial charge < -0.3 is 33.3 Å². The van der Waals surface area contributed by atoms with Crippen LogP contribution in [-0.2, 0) is 16.7 Å². The van der Waals surface area contributed by atoms with E-state index in [0.29, 0.717) is 66.5 Å². The van der Waals surface area contributed by atoms with Crippen LogP contribution >= 0.6 is 11.6 Å². The van der Waals surface area contributed by atoms with Crippen molar-refractivity contribution in [2.24, 2.45) is 5.92 Å². The molecule has 0 bridgehead atoms. The van der Waals surface area contributed by atoms with Gasteiger partial charge in [0.25, 0.3) is 5.91 Å². The quantitative estimate of drug-likeness (QED) is 0.108. The highest BCUT2D eigenvalue weighted by Crippen LogP contribution is 2.42. The number of amides is 1. The van der Waals surface area contributed by atoms with Gasteiger partial charge in [-0.1, -0.05) is 35.9 Å². The molecule has 0 spiro atoms. The normalized spacial score (nSPS) is 18.5. The molecule has 4 aromatic rings. The molecule has 0 saturated carbocycles. The molecular formula is C39H47ClN4O6. The maximum atomic E-state index is 13.9. The Bertz CT molecular complexity index is 1790. The minimum absolute atomic E-state index is 0.0751. The number of benzene rings is 3. The van der Waals surface area contributed by atoms with Gasteiger partial charge in [0.05, 0.1) is 39.0 Å². The zero-order valence-electron chi connectivity index (χ0n) is 29.5. The molecular weight excluding hydrogens is 656 g/mol. The van der Waals surface area contributed by atoms with Crippen molar-refractivity contribution in [1.29, 1.82) is 0 Å². The number of carbonyl (C=O) groups excluding carboxylic acids is 2. The fourth-order valence-corrected chi connectivity index (χ4v) is 7.79. The van der Waals surface area contributed by atoms with Crippen LogP contribution in [0.25, 0.3) is 11.0 Å². The van der Waals surface area contributed by atoms with E-state index in [9.17, 15) is 9.59 Å². The zero-order valence-corrected chi connectivity index (χ0v) is 30.2. The Labute approximate surface area is 299 Å². The SMILES string of the molecule is CCOCCn1c(C(=O)C2CCN(CCC3(c4cccc(Cl)c4)CCN(C(=O)c4cc(OC)c(OC)c(OC)c4)C3)CC2)nc2ccccc21. The lowest BCUT2D eigenvalue weighted by molar-refractivity contribution is 0.0777. The van der Waals surface area contributed by atoms with E-state index in [1.54, 1.807) is 33.5 Å². The van der Waals surface area contributed by atoms with Crippen LogP contribution in [0.5, 0.6) is 17.2 Å². The molecule has 1 aromatic heterocycles. The van der Waals surface area contributed by atoms with Gasteiger partial charge in [-0.2, -0.15) is 0 Å². The number of carbonyl (C=O) groups is 2. The lowest BCUT2D eigenvalue weighted by atomic mass is 9.76. The molecule has 2 aliphatic rings. The van der Waals surface area contributed by atoms with Gasteiger partial charge in [-0.15, -0.1) is 0 Å². The second-order valence-corrected chi connectivity index (χ2v) is 13.6. The number of Topliss-reactive ketones (excluding diaryl/α,β-unsaturated/α-hetero) is 1. The van der Waals surface area contributed by atoms with E-state index < -0.39 is 0 Å². The summed E-state index contributed by atoms with van der Waals surface area (Å²) < 4.78 is 24.2. The lowest BCUT2D eigenvalue weighted by Gasteiger charge is -2.36. The number of nitrogens with zero attached hydrogens (tertiary/aromatic N) is 4. The number of hydrogen-bond acceptors (Lipinski definition) is 8. The molecule has 3 heterocycles. The number of halogens is 1. The maximum absolute atomic E-state index is 13.9. The average Bonchev–Trinajstić information content (AvgIpc) is 3.76. The van der Waals surface area contributed by atoms with Crippen molar-refractivity contribution < 1.29 is 28.5 Å². The first kappa shape index (κ1) is 35.7. The standard InChI is InChI=1S/C39H47ClN4O6/c1-5-50-22-21-44-32-12-7-6-11-31(32)41-37(44)35(45)27-13-17-42(18-14-27)19-15-39(29-9-8-10-30(40)25-29)16-20-43(26-39)38(46)28-23-33(47-2)36(49-4)34(24-28)48-3/h6-12,23-25,27H,5,13-22,26H2,1-4H3. The minimum atomic E-state index is -0.265. The fraction of sp³-hybridized carbons (Fsp3) is 0.462. The summed E-state index contributed by atoms with van der Waals surface area (Å²) in [4.78, 5) is 37.0. The van der Waals surface area contributed by atoms with E-state index in [4.69, 9.17) is 35.5 Å². The van der Waals surface area contributed by atoms with Crippen LogP contribution in [0.2, 0.25) is 5.02 Å². The Morgan fingerprint density at radius 1 is 0.920 bits per heavy atom. The van der Waals surface area contributed by atoms with Gasteiger partial charge in [-0.3, -0.25) is 9.59 Å². The number of likely N-dealkylation sites (tertiary alicyclic amines) is 2. The van der Waals surface area contributed by atoms with Crippen molar-refractivity contribution in [3.05, 3.63) is 82.6 Å². The average molecular weight is 703 g/mol. The molecule has 0 aliphatic carbocycles. The molecule has 10 nitrogen and oxygen atoms in total. The van der Waals surface area contributed by atoms with Gasteiger partial charge in [0.1, 0.15) is 0 Å². The van der Waals surface area contributed by atoms with Crippen molar-refractivity contribution in [3.8, 4) is 17.2 Å². The van der Waals surface area contributed by atoms with E-state index in [1.165, 1.54) is 0 Å². The molecule has 2 saturated heterocycles. The molecule has 1 atom stereocenters. The first-order valence-corrected chi connectivity index (χ1v) is 17.8. The summed E-state index contributed by atoms with van der Waals surface area (Å²) in [5.74, 6) is 1.83. The molecule has 11 heteroatoms. The van der Waals surface area contributed by atoms with Gasteiger partial charge in [0.2, 0.25) is 11.5 Å². The van der Waals surface area contributed by atoms with Crippen LogP contribution in [-0.4, -0.2) is 98.3 Å². The van der Waals surface area contributed by atoms with Crippen LogP contribution in [0.3, 0.4) is 0 Å². The number of piperidine rings is 1. The minimum Gasteiger partial charge on any atom is -0.493 e. The summed E-state index contributed by atoms with van der Waals surface area (Å²) >= 11 is 6.52. The van der Waals surface area contributed by atoms with Crippen molar-refractivity contribution in [2.45, 2.75) is 44.6 Å². The smallest absolute Gasteiger partial charge is 0.254 e. The third-order valence-corrected chi connectivity index (χ3v) is 10.6. The predicted octanol–water partition coefficient (Wildman–Crippen LogP) is 6.52. The van der Waals surface area contributed by atoms with E-state index in [-0.39, 0.29) is 23.0 Å². The fourth-order valence-electron chi connectivity index (χ4n) is 7.60. The molecule has 266 valence electrons. The van der Waals surface area contributed by atoms with E-state index >= 15 is 0 Å². The largest absolute Gasteiger partial charge is 0.493 e. The summed E-state index contributed by atoms with van der Waals surface area (Å²) in [6.45, 7) is 7.43. The summed E-state index contributed by atoms with van der Waals surface area (Å²) in [7, 11) is 4.64. The number of imidazole rings is 1. The van der Waals surface area contributed by atoms with Crippen LogP contribution in [0.1, 0.15) is 59.1 Å². The number of fused-ring (bicyclic) bond motifs is 1. The highest BCUT2D eigenvalue weighted by atomic mass is 35.5. The van der Waals surface area contributed by atoms with Crippen LogP contribution < -0.4 is 14.2 Å². The number of ether oxygens (including phenoxy) is 4. The maximum Gasteiger partial charge on any atom is 0.254 e. The number of methoxy groups -OCH3 is 3. The Morgan fingerprint density at radius 3 is 2.34 bits per heavy atom. The van der Waals surface area contributed by atoms with Crippen LogP contribution in [0.15, 0.2) is 60.7 Å². The van der Waals surface area contributed by atoms with Gasteiger partial charge in [-0.25, -0.2) is 4.98 Å². The third-order valence-electron chi connectivity index (χ3n) is 10.4. The van der Waals surface area contributed by atoms with Gasteiger partial charge in [0.15, 0.2) is 17.3 Å². The van der Waals surface area contributed by atoms with E-state index in [0.717, 1.165) is 61.9 Å². The molecule has 1 unspecified atom stereocenters. The second-order valence-electron chi connectivity index (χ2n) is 13.2. The molecule has 50 heavy (non-hydrogen) atoms. The first-order valence-electron chi connectivity index (χ1n) is 17.5. The van der Waals surface area contributed by atoms with Gasteiger partial charge >= 0.3 is 0 Å². The summed E-state index contributed by atoms with van der Waals surface area (Å²) in [6, 6.07) is 19.4. The Kier molecular flexibility index (Phi) is 11.3. The lowest BCUT2D eigenvalue weighted by Crippen LogP contribution is -2.41. The van der Waals surface area contributed by atoms with Crippen molar-refractivity contribution >= 4 is 34.3 Å². The molecule has 6 rings (SSSR count). The Hall–Kier alpha value is -4.12. The monoisotopic (exact) mass is 702 g/mol. The molecule has 2 fully saturated rings. The Balaban J connectivity index is 1.14. The van der Waals surface area contributed by atoms with E-state index in [2.05, 4.69) is 11.0 Å². The molecule has 0 radical (unpaired) electrons. The first-order chi connectivity index (χ1) is 24.3. The van der Waals surface area contributed by atoms with Crippen molar-refractivity contribution in [3.63, 3.8) is 0 Å². The predicted molar refractivity (Wildman–Crippen MR) is 194 cm³/mol. The molecule has 1 amide bonds. The second kappa shape index (κ2) is 15.8.